The maximum Gasteiger partial charge on any atom is 0.167 e. The number of Topliss-reactive ketones (excluding diaryl/α,β-unsaturated/α-hetero) is 1. The minimum Gasteiger partial charge on any atom is -0.294 e. The van der Waals surface area contributed by atoms with E-state index in [0.717, 1.165) is 25.6 Å². The van der Waals surface area contributed by atoms with E-state index in [0.29, 0.717) is 12.0 Å². The van der Waals surface area contributed by atoms with Crippen LogP contribution in [0.4, 0.5) is 0 Å². The molecule has 0 unspecified atom stereocenters. The van der Waals surface area contributed by atoms with Gasteiger partial charge in [-0.15, -0.1) is 0 Å². The van der Waals surface area contributed by atoms with Gasteiger partial charge in [0.1, 0.15) is 0 Å². The Bertz CT molecular complexity index is 501. The number of rotatable bonds is 1. The lowest BCUT2D eigenvalue weighted by atomic mass is 10.0. The minimum absolute atomic E-state index is 0.0955. The van der Waals surface area contributed by atoms with Crippen molar-refractivity contribution < 1.29 is 4.79 Å². The van der Waals surface area contributed by atoms with Crippen LogP contribution in [0.2, 0.25) is 0 Å². The first-order valence-corrected chi connectivity index (χ1v) is 5.99. The lowest BCUT2D eigenvalue weighted by molar-refractivity contribution is -0.112. The highest BCUT2D eigenvalue weighted by molar-refractivity contribution is 9.15. The zero-order valence-electron chi connectivity index (χ0n) is 7.94. The molecule has 0 radical (unpaired) electrons. The lowest BCUT2D eigenvalue weighted by Crippen LogP contribution is -1.92. The highest BCUT2D eigenvalue weighted by Gasteiger charge is 2.27. The van der Waals surface area contributed by atoms with E-state index in [2.05, 4.69) is 45.0 Å². The first-order chi connectivity index (χ1) is 7.02. The van der Waals surface area contributed by atoms with Crippen molar-refractivity contribution >= 4 is 47.7 Å². The number of carbonyl (C=O) groups excluding carboxylic acids is 1. The summed E-state index contributed by atoms with van der Waals surface area (Å²) in [7, 11) is 0. The Kier molecular flexibility index (Phi) is 2.69. The van der Waals surface area contributed by atoms with Gasteiger partial charge in [-0.2, -0.15) is 0 Å². The summed E-state index contributed by atoms with van der Waals surface area (Å²) in [6, 6.07) is 3.89. The zero-order chi connectivity index (χ0) is 11.2. The molecule has 1 aromatic rings. The molecule has 0 atom stereocenters. The molecule has 3 heteroatoms. The van der Waals surface area contributed by atoms with Gasteiger partial charge in [-0.3, -0.25) is 4.79 Å². The number of benzene rings is 1. The molecular weight excluding hydrogens is 320 g/mol. The minimum atomic E-state index is 0.0955. The van der Waals surface area contributed by atoms with Crippen molar-refractivity contribution in [2.45, 2.75) is 6.42 Å². The van der Waals surface area contributed by atoms with Crippen LogP contribution in [0.25, 0.3) is 10.1 Å². The molecule has 2 rings (SSSR count). The van der Waals surface area contributed by atoms with Gasteiger partial charge < -0.3 is 0 Å². The zero-order valence-corrected chi connectivity index (χ0v) is 11.1. The molecule has 0 N–H and O–H groups in total. The molecule has 76 valence electrons. The first-order valence-electron chi connectivity index (χ1n) is 4.41. The molecule has 1 nitrogen and oxygen atoms in total. The Labute approximate surface area is 105 Å². The summed E-state index contributed by atoms with van der Waals surface area (Å²) in [5.41, 5.74) is 3.48. The second kappa shape index (κ2) is 3.72. The Hall–Kier alpha value is -0.670. The third kappa shape index (κ3) is 1.64. The van der Waals surface area contributed by atoms with Gasteiger partial charge in [0.2, 0.25) is 0 Å². The standard InChI is InChI=1S/C12H8Br2O/c1-6-10(15)5-8-3-4-9(14)12(7(2)13)11(6)8/h3-4H,1-2,5H2. The van der Waals surface area contributed by atoms with Gasteiger partial charge in [0, 0.05) is 26.5 Å². The van der Waals surface area contributed by atoms with Crippen molar-refractivity contribution in [1.82, 2.24) is 0 Å². The SMILES string of the molecule is C=C(Br)c1c(Br)ccc2c1C(=C)C(=O)C2. The fourth-order valence-corrected chi connectivity index (χ4v) is 3.04. The van der Waals surface area contributed by atoms with E-state index < -0.39 is 0 Å². The third-order valence-electron chi connectivity index (χ3n) is 2.50. The Morgan fingerprint density at radius 3 is 2.67 bits per heavy atom. The number of halogens is 2. The maximum atomic E-state index is 11.6. The second-order valence-corrected chi connectivity index (χ2v) is 5.25. The average molecular weight is 328 g/mol. The Morgan fingerprint density at radius 2 is 2.07 bits per heavy atom. The molecular formula is C12H8Br2O. The first kappa shape index (κ1) is 10.8. The molecule has 0 spiro atoms. The third-order valence-corrected chi connectivity index (χ3v) is 3.56. The summed E-state index contributed by atoms with van der Waals surface area (Å²) in [4.78, 5) is 11.6. The van der Waals surface area contributed by atoms with E-state index in [1.807, 2.05) is 12.1 Å². The fraction of sp³-hybridized carbons (Fsp3) is 0.0833. The highest BCUT2D eigenvalue weighted by Crippen LogP contribution is 2.39. The molecule has 0 heterocycles. The van der Waals surface area contributed by atoms with E-state index in [9.17, 15) is 4.79 Å². The van der Waals surface area contributed by atoms with E-state index in [-0.39, 0.29) is 5.78 Å². The van der Waals surface area contributed by atoms with Gasteiger partial charge in [-0.1, -0.05) is 51.1 Å². The lowest BCUT2D eigenvalue weighted by Gasteiger charge is -2.09. The van der Waals surface area contributed by atoms with Crippen LogP contribution >= 0.6 is 31.9 Å². The van der Waals surface area contributed by atoms with Gasteiger partial charge >= 0.3 is 0 Å². The topological polar surface area (TPSA) is 17.1 Å². The molecule has 0 saturated carbocycles. The van der Waals surface area contributed by atoms with Crippen molar-refractivity contribution in [1.29, 1.82) is 0 Å². The van der Waals surface area contributed by atoms with E-state index >= 15 is 0 Å². The Morgan fingerprint density at radius 1 is 1.40 bits per heavy atom. The maximum absolute atomic E-state index is 11.6. The predicted molar refractivity (Wildman–Crippen MR) is 69.8 cm³/mol. The van der Waals surface area contributed by atoms with Crippen LogP contribution in [-0.2, 0) is 11.2 Å². The largest absolute Gasteiger partial charge is 0.294 e. The normalized spacial score (nSPS) is 14.3. The second-order valence-electron chi connectivity index (χ2n) is 3.44. The fourth-order valence-electron chi connectivity index (χ4n) is 1.80. The number of ketones is 1. The van der Waals surface area contributed by atoms with Crippen molar-refractivity contribution in [3.05, 3.63) is 46.5 Å². The summed E-state index contributed by atoms with van der Waals surface area (Å²) >= 11 is 6.81. The number of hydrogen-bond acceptors (Lipinski definition) is 1. The van der Waals surface area contributed by atoms with Gasteiger partial charge in [0.05, 0.1) is 0 Å². The number of fused-ring (bicyclic) bond motifs is 1. The summed E-state index contributed by atoms with van der Waals surface area (Å²) in [6.45, 7) is 7.69. The molecule has 0 bridgehead atoms. The van der Waals surface area contributed by atoms with Crippen LogP contribution in [0.3, 0.4) is 0 Å². The monoisotopic (exact) mass is 326 g/mol. The smallest absolute Gasteiger partial charge is 0.167 e. The number of allylic oxidation sites excluding steroid dienone is 1. The average Bonchev–Trinajstić information content (AvgIpc) is 2.44. The summed E-state index contributed by atoms with van der Waals surface area (Å²) < 4.78 is 1.70. The number of hydrogen-bond donors (Lipinski definition) is 0. The van der Waals surface area contributed by atoms with Crippen molar-refractivity contribution in [3.63, 3.8) is 0 Å². The van der Waals surface area contributed by atoms with Crippen LogP contribution in [-0.4, -0.2) is 5.78 Å². The molecule has 0 fully saturated rings. The van der Waals surface area contributed by atoms with Gasteiger partial charge in [-0.05, 0) is 17.2 Å². The van der Waals surface area contributed by atoms with Gasteiger partial charge in [-0.25, -0.2) is 0 Å². The quantitative estimate of drug-likeness (QED) is 0.714. The molecule has 0 aromatic heterocycles. The summed E-state index contributed by atoms with van der Waals surface area (Å²) in [5, 5.41) is 0. The van der Waals surface area contributed by atoms with Crippen LogP contribution in [0.1, 0.15) is 16.7 Å². The molecule has 1 aromatic carbocycles. The predicted octanol–water partition coefficient (Wildman–Crippen LogP) is 3.95. The van der Waals surface area contributed by atoms with Gasteiger partial charge in [0.25, 0.3) is 0 Å². The van der Waals surface area contributed by atoms with Crippen LogP contribution in [0.5, 0.6) is 0 Å². The van der Waals surface area contributed by atoms with Gasteiger partial charge in [0.15, 0.2) is 5.78 Å². The molecule has 0 aliphatic heterocycles. The van der Waals surface area contributed by atoms with Crippen molar-refractivity contribution in [2.75, 3.05) is 0 Å². The molecule has 15 heavy (non-hydrogen) atoms. The van der Waals surface area contributed by atoms with Crippen LogP contribution < -0.4 is 0 Å². The number of carbonyl (C=O) groups is 1. The van der Waals surface area contributed by atoms with Crippen molar-refractivity contribution in [2.24, 2.45) is 0 Å². The molecule has 0 saturated heterocycles. The highest BCUT2D eigenvalue weighted by atomic mass is 79.9. The molecule has 1 aliphatic rings. The van der Waals surface area contributed by atoms with Crippen LogP contribution in [0, 0.1) is 0 Å². The summed E-state index contributed by atoms with van der Waals surface area (Å²) in [6.07, 6.45) is 0.453. The summed E-state index contributed by atoms with van der Waals surface area (Å²) in [5.74, 6) is 0.0955. The van der Waals surface area contributed by atoms with E-state index in [1.54, 1.807) is 0 Å². The van der Waals surface area contributed by atoms with E-state index in [4.69, 9.17) is 0 Å². The molecule has 1 aliphatic carbocycles. The molecule has 0 amide bonds. The van der Waals surface area contributed by atoms with E-state index in [1.165, 1.54) is 0 Å². The van der Waals surface area contributed by atoms with Crippen LogP contribution in [0.15, 0.2) is 29.8 Å². The Balaban J connectivity index is 2.77. The van der Waals surface area contributed by atoms with Crippen molar-refractivity contribution in [3.8, 4) is 0 Å².